The van der Waals surface area contributed by atoms with Gasteiger partial charge >= 0.3 is 0 Å². The molecule has 0 aliphatic rings. The van der Waals surface area contributed by atoms with Gasteiger partial charge in [-0.05, 0) is 43.7 Å². The van der Waals surface area contributed by atoms with Crippen molar-refractivity contribution >= 4 is 23.0 Å². The van der Waals surface area contributed by atoms with Crippen LogP contribution in [0.25, 0.3) is 0 Å². The monoisotopic (exact) mass is 299 g/mol. The van der Waals surface area contributed by atoms with Crippen LogP contribution < -0.4 is 10.6 Å². The Labute approximate surface area is 130 Å². The molecule has 0 radical (unpaired) electrons. The van der Waals surface area contributed by atoms with Crippen molar-refractivity contribution in [1.82, 2.24) is 0 Å². The number of para-hydroxylation sites is 1. The number of hydrogen-bond acceptors (Lipinski definition) is 3. The van der Waals surface area contributed by atoms with Gasteiger partial charge in [0.05, 0.1) is 11.3 Å². The van der Waals surface area contributed by atoms with Crippen LogP contribution in [0.2, 0.25) is 5.02 Å². The zero-order chi connectivity index (χ0) is 15.4. The lowest BCUT2D eigenvalue weighted by Crippen LogP contribution is -2.31. The number of benzene rings is 2. The predicted octanol–water partition coefficient (Wildman–Crippen LogP) is 4.21. The Balaban J connectivity index is 2.43. The topological polar surface area (TPSA) is 53.0 Å². The van der Waals surface area contributed by atoms with Crippen LogP contribution in [0.5, 0.6) is 0 Å². The van der Waals surface area contributed by atoms with Crippen LogP contribution in [0.3, 0.4) is 0 Å². The molecule has 0 aromatic heterocycles. The van der Waals surface area contributed by atoms with E-state index in [-0.39, 0.29) is 6.04 Å². The first kappa shape index (κ1) is 15.2. The third-order valence-corrected chi connectivity index (χ3v) is 3.64. The Morgan fingerprint density at radius 3 is 2.57 bits per heavy atom. The van der Waals surface area contributed by atoms with Gasteiger partial charge in [-0.1, -0.05) is 29.8 Å². The highest BCUT2D eigenvalue weighted by molar-refractivity contribution is 6.30. The smallest absolute Gasteiger partial charge is 0.101 e. The minimum absolute atomic E-state index is 0.218. The molecule has 0 aliphatic heterocycles. The van der Waals surface area contributed by atoms with Crippen molar-refractivity contribution in [2.24, 2.45) is 0 Å². The van der Waals surface area contributed by atoms with E-state index in [1.807, 2.05) is 30.3 Å². The number of rotatable bonds is 4. The van der Waals surface area contributed by atoms with Gasteiger partial charge in [-0.15, -0.1) is 0 Å². The molecule has 0 amide bonds. The Hall–Kier alpha value is -2.18. The van der Waals surface area contributed by atoms with Gasteiger partial charge in [0.15, 0.2) is 0 Å². The highest BCUT2D eigenvalue weighted by Gasteiger charge is 2.16. The number of nitrogens with zero attached hydrogens (tertiary/aromatic N) is 2. The third-order valence-electron chi connectivity index (χ3n) is 3.41. The second-order valence-electron chi connectivity index (χ2n) is 5.19. The summed E-state index contributed by atoms with van der Waals surface area (Å²) in [6.45, 7) is 4.81. The Bertz CT molecular complexity index is 674. The van der Waals surface area contributed by atoms with Gasteiger partial charge in [-0.25, -0.2) is 0 Å². The zero-order valence-electron chi connectivity index (χ0n) is 12.2. The van der Waals surface area contributed by atoms with Crippen molar-refractivity contribution in [1.29, 1.82) is 5.26 Å². The molecular formula is C17H18ClN3. The first-order valence-electron chi connectivity index (χ1n) is 6.82. The average Bonchev–Trinajstić information content (AvgIpc) is 2.46. The third kappa shape index (κ3) is 3.48. The Kier molecular flexibility index (Phi) is 4.72. The predicted molar refractivity (Wildman–Crippen MR) is 88.3 cm³/mol. The van der Waals surface area contributed by atoms with Crippen molar-refractivity contribution in [2.45, 2.75) is 26.4 Å². The van der Waals surface area contributed by atoms with E-state index in [2.05, 4.69) is 24.8 Å². The molecule has 108 valence electrons. The molecule has 2 N–H and O–H groups in total. The lowest BCUT2D eigenvalue weighted by Gasteiger charge is -2.30. The van der Waals surface area contributed by atoms with Gasteiger partial charge in [0.1, 0.15) is 6.07 Å². The number of nitrogen functional groups attached to an aromatic ring is 1. The van der Waals surface area contributed by atoms with E-state index in [1.54, 1.807) is 12.1 Å². The van der Waals surface area contributed by atoms with E-state index in [0.29, 0.717) is 17.1 Å². The molecule has 0 spiro atoms. The molecule has 0 atom stereocenters. The van der Waals surface area contributed by atoms with Crippen molar-refractivity contribution in [2.75, 3.05) is 10.6 Å². The molecular weight excluding hydrogens is 282 g/mol. The number of halogens is 1. The molecule has 0 aliphatic carbocycles. The van der Waals surface area contributed by atoms with Crippen molar-refractivity contribution in [3.8, 4) is 6.07 Å². The number of anilines is 2. The normalized spacial score (nSPS) is 10.4. The van der Waals surface area contributed by atoms with E-state index in [0.717, 1.165) is 16.9 Å². The molecule has 0 heterocycles. The fourth-order valence-electron chi connectivity index (χ4n) is 2.24. The molecule has 0 fully saturated rings. The summed E-state index contributed by atoms with van der Waals surface area (Å²) in [4.78, 5) is 2.14. The van der Waals surface area contributed by atoms with Gasteiger partial charge in [-0.2, -0.15) is 5.26 Å². The van der Waals surface area contributed by atoms with E-state index in [9.17, 15) is 5.26 Å². The van der Waals surface area contributed by atoms with Crippen LogP contribution >= 0.6 is 11.6 Å². The molecule has 2 aromatic rings. The molecule has 0 saturated heterocycles. The SMILES string of the molecule is CC(C)N(Cc1ccccc1N)c1cc(Cl)ccc1C#N. The second-order valence-corrected chi connectivity index (χ2v) is 5.63. The largest absolute Gasteiger partial charge is 0.398 e. The summed E-state index contributed by atoms with van der Waals surface area (Å²) < 4.78 is 0. The van der Waals surface area contributed by atoms with Crippen molar-refractivity contribution < 1.29 is 0 Å². The van der Waals surface area contributed by atoms with Crippen LogP contribution in [0.1, 0.15) is 25.0 Å². The van der Waals surface area contributed by atoms with Crippen LogP contribution in [0.15, 0.2) is 42.5 Å². The maximum Gasteiger partial charge on any atom is 0.101 e. The number of nitrogens with two attached hydrogens (primary N) is 1. The number of hydrogen-bond donors (Lipinski definition) is 1. The quantitative estimate of drug-likeness (QED) is 0.860. The van der Waals surface area contributed by atoms with Gasteiger partial charge in [-0.3, -0.25) is 0 Å². The molecule has 2 rings (SSSR count). The summed E-state index contributed by atoms with van der Waals surface area (Å²) in [6, 6.07) is 15.5. The van der Waals surface area contributed by atoms with Crippen LogP contribution in [-0.2, 0) is 6.54 Å². The minimum atomic E-state index is 0.218. The van der Waals surface area contributed by atoms with Gasteiger partial charge in [0.25, 0.3) is 0 Å². The first-order chi connectivity index (χ1) is 10.0. The molecule has 3 nitrogen and oxygen atoms in total. The van der Waals surface area contributed by atoms with E-state index in [4.69, 9.17) is 17.3 Å². The van der Waals surface area contributed by atoms with Gasteiger partial charge in [0.2, 0.25) is 0 Å². The first-order valence-corrected chi connectivity index (χ1v) is 7.20. The van der Waals surface area contributed by atoms with E-state index in [1.165, 1.54) is 0 Å². The molecule has 0 unspecified atom stereocenters. The standard InChI is InChI=1S/C17H18ClN3/c1-12(2)21(11-14-5-3-4-6-16(14)20)17-9-15(18)8-7-13(17)10-19/h3-9,12H,11,20H2,1-2H3. The minimum Gasteiger partial charge on any atom is -0.398 e. The summed E-state index contributed by atoms with van der Waals surface area (Å²) in [5.41, 5.74) is 9.27. The molecule has 0 saturated carbocycles. The van der Waals surface area contributed by atoms with E-state index >= 15 is 0 Å². The summed E-state index contributed by atoms with van der Waals surface area (Å²) in [5, 5.41) is 9.94. The molecule has 0 bridgehead atoms. The lowest BCUT2D eigenvalue weighted by molar-refractivity contribution is 0.682. The zero-order valence-corrected chi connectivity index (χ0v) is 12.9. The fourth-order valence-corrected chi connectivity index (χ4v) is 2.41. The van der Waals surface area contributed by atoms with Gasteiger partial charge in [0, 0.05) is 23.3 Å². The summed E-state index contributed by atoms with van der Waals surface area (Å²) in [6.07, 6.45) is 0. The van der Waals surface area contributed by atoms with Crippen LogP contribution in [-0.4, -0.2) is 6.04 Å². The molecule has 21 heavy (non-hydrogen) atoms. The lowest BCUT2D eigenvalue weighted by atomic mass is 10.1. The van der Waals surface area contributed by atoms with Crippen molar-refractivity contribution in [3.63, 3.8) is 0 Å². The Morgan fingerprint density at radius 2 is 1.95 bits per heavy atom. The fraction of sp³-hybridized carbons (Fsp3) is 0.235. The van der Waals surface area contributed by atoms with Gasteiger partial charge < -0.3 is 10.6 Å². The maximum absolute atomic E-state index is 9.32. The Morgan fingerprint density at radius 1 is 1.24 bits per heavy atom. The van der Waals surface area contributed by atoms with E-state index < -0.39 is 0 Å². The second kappa shape index (κ2) is 6.51. The number of nitriles is 1. The van der Waals surface area contributed by atoms with Crippen LogP contribution in [0.4, 0.5) is 11.4 Å². The maximum atomic E-state index is 9.32. The average molecular weight is 300 g/mol. The molecule has 4 heteroatoms. The summed E-state index contributed by atoms with van der Waals surface area (Å²) >= 11 is 6.10. The summed E-state index contributed by atoms with van der Waals surface area (Å²) in [5.74, 6) is 0. The molecule has 2 aromatic carbocycles. The van der Waals surface area contributed by atoms with Crippen LogP contribution in [0, 0.1) is 11.3 Å². The van der Waals surface area contributed by atoms with Crippen molar-refractivity contribution in [3.05, 3.63) is 58.6 Å². The summed E-state index contributed by atoms with van der Waals surface area (Å²) in [7, 11) is 0. The highest BCUT2D eigenvalue weighted by atomic mass is 35.5. The highest BCUT2D eigenvalue weighted by Crippen LogP contribution is 2.28.